The van der Waals surface area contributed by atoms with Crippen molar-refractivity contribution in [3.05, 3.63) is 101 Å². The van der Waals surface area contributed by atoms with Gasteiger partial charge in [-0.05, 0) is 149 Å². The van der Waals surface area contributed by atoms with E-state index in [1.807, 2.05) is 56.1 Å². The first kappa shape index (κ1) is 66.5. The van der Waals surface area contributed by atoms with Crippen LogP contribution in [0.15, 0.2) is 68.2 Å². The summed E-state index contributed by atoms with van der Waals surface area (Å²) in [6.07, 6.45) is 11.8. The van der Waals surface area contributed by atoms with Crippen LogP contribution in [0.25, 0.3) is 44.8 Å². The first-order valence-electron chi connectivity index (χ1n) is 29.7. The summed E-state index contributed by atoms with van der Waals surface area (Å²) in [7, 11) is -7.89. The zero-order valence-corrected chi connectivity index (χ0v) is 51.6. The normalized spacial score (nSPS) is 15.5. The molecule has 0 bridgehead atoms. The highest BCUT2D eigenvalue weighted by atomic mass is 32.2. The van der Waals surface area contributed by atoms with Crippen LogP contribution in [0.2, 0.25) is 0 Å². The summed E-state index contributed by atoms with van der Waals surface area (Å²) < 4.78 is 73.9. The molecule has 6 heterocycles. The predicted octanol–water partition coefficient (Wildman–Crippen LogP) is 7.81. The molecule has 8 rings (SSSR count). The Kier molecular flexibility index (Phi) is 22.9. The van der Waals surface area contributed by atoms with Gasteiger partial charge in [0.2, 0.25) is 20.0 Å². The standard InChI is InChI=1S/C29H40N6O10S.C29H42N4O6S/c1-4-7-21-20-32(6-3)26-25(21)30-27(31-28(26)36)23-19-22(8-9-24(23)43-16-5-2)46(41,42)33-14-10-29(11-15-33,12-17-44-34(37)38)13-18-45-35(39)40;1-4-7-21-20-32(6-3)26-25(21)30-27(31-28(26)36)23-19-22(8-9-24(23)39-18-5-2)40(37,38)33-14-10-29(11-15-33,12-16-34)13-17-35/h8-9,19-20H,4-7,10-18H2,1-3H3,(H,30,31,36);8-9,19-20,34-35H,4-7,10-18H2,1-3H3,(H,30,31,36). The lowest BCUT2D eigenvalue weighted by atomic mass is 9.74. The third-order valence-corrected chi connectivity index (χ3v) is 20.2. The smallest absolute Gasteiger partial charge is 0.294 e. The van der Waals surface area contributed by atoms with Crippen molar-refractivity contribution in [2.24, 2.45) is 10.8 Å². The fraction of sp³-hybridized carbons (Fsp3) is 0.586. The second-order valence-corrected chi connectivity index (χ2v) is 25.9. The van der Waals surface area contributed by atoms with Gasteiger partial charge in [-0.25, -0.2) is 26.8 Å². The number of H-pyrrole nitrogens is 2. The number of fused-ring (bicyclic) bond motifs is 2. The Hall–Kier alpha value is -6.98. The van der Waals surface area contributed by atoms with Gasteiger partial charge < -0.3 is 48.5 Å². The summed E-state index contributed by atoms with van der Waals surface area (Å²) in [6.45, 7) is 14.3. The fourth-order valence-electron chi connectivity index (χ4n) is 11.7. The number of hydrogen-bond acceptors (Lipinski definition) is 18. The average Bonchev–Trinajstić information content (AvgIpc) is 1.53. The number of piperidine rings is 2. The molecule has 2 saturated heterocycles. The molecule has 4 aromatic heterocycles. The van der Waals surface area contributed by atoms with Crippen molar-refractivity contribution in [2.45, 2.75) is 154 Å². The third kappa shape index (κ3) is 15.2. The van der Waals surface area contributed by atoms with Crippen LogP contribution in [0.5, 0.6) is 11.5 Å². The quantitative estimate of drug-likeness (QED) is 0.0247. The van der Waals surface area contributed by atoms with Crippen molar-refractivity contribution in [2.75, 3.05) is 65.8 Å². The zero-order valence-electron chi connectivity index (χ0n) is 50.0. The van der Waals surface area contributed by atoms with Crippen LogP contribution in [0.4, 0.5) is 0 Å². The van der Waals surface area contributed by atoms with Crippen molar-refractivity contribution < 1.29 is 56.4 Å². The maximum absolute atomic E-state index is 13.9. The molecule has 2 aliphatic rings. The fourth-order valence-corrected chi connectivity index (χ4v) is 14.6. The summed E-state index contributed by atoms with van der Waals surface area (Å²) in [5, 5.41) is 38.6. The van der Waals surface area contributed by atoms with E-state index in [9.17, 15) is 56.9 Å². The molecule has 28 heteroatoms. The number of rotatable bonds is 30. The molecule has 2 aromatic carbocycles. The number of nitrogens with zero attached hydrogens (tertiary/aromatic N) is 8. The molecule has 0 aliphatic carbocycles. The van der Waals surface area contributed by atoms with E-state index in [0.717, 1.165) is 43.2 Å². The van der Waals surface area contributed by atoms with Crippen molar-refractivity contribution in [3.63, 3.8) is 0 Å². The van der Waals surface area contributed by atoms with Crippen LogP contribution in [0, 0.1) is 31.1 Å². The van der Waals surface area contributed by atoms with Crippen molar-refractivity contribution >= 4 is 42.1 Å². The minimum Gasteiger partial charge on any atom is -0.493 e. The van der Waals surface area contributed by atoms with Gasteiger partial charge in [-0.3, -0.25) is 9.59 Å². The van der Waals surface area contributed by atoms with Crippen LogP contribution >= 0.6 is 0 Å². The van der Waals surface area contributed by atoms with E-state index in [0.29, 0.717) is 129 Å². The van der Waals surface area contributed by atoms with Gasteiger partial charge in [0, 0.05) is 64.9 Å². The molecular formula is C58H82N10O16S2. The maximum Gasteiger partial charge on any atom is 0.294 e. The van der Waals surface area contributed by atoms with E-state index in [1.54, 1.807) is 24.3 Å². The summed E-state index contributed by atoms with van der Waals surface area (Å²) >= 11 is 0. The third-order valence-electron chi connectivity index (χ3n) is 16.4. The molecule has 4 N–H and O–H groups in total. The number of nitrogens with one attached hydrogen (secondary N) is 2. The van der Waals surface area contributed by atoms with E-state index in [1.165, 1.54) is 20.7 Å². The van der Waals surface area contributed by atoms with E-state index in [4.69, 9.17) is 19.4 Å². The highest BCUT2D eigenvalue weighted by Gasteiger charge is 2.40. The summed E-state index contributed by atoms with van der Waals surface area (Å²) in [4.78, 5) is 72.4. The van der Waals surface area contributed by atoms with Gasteiger partial charge in [0.05, 0.1) is 58.4 Å². The number of aromatic amines is 2. The lowest BCUT2D eigenvalue weighted by Gasteiger charge is -2.41. The number of ether oxygens (including phenoxy) is 2. The van der Waals surface area contributed by atoms with E-state index < -0.39 is 35.6 Å². The summed E-state index contributed by atoms with van der Waals surface area (Å²) in [5.74, 6) is 1.31. The van der Waals surface area contributed by atoms with Crippen molar-refractivity contribution in [1.29, 1.82) is 0 Å². The Balaban J connectivity index is 0.000000248. The maximum atomic E-state index is 13.9. The van der Waals surface area contributed by atoms with Gasteiger partial charge in [0.15, 0.2) is 0 Å². The molecule has 472 valence electrons. The van der Waals surface area contributed by atoms with Crippen LogP contribution in [-0.2, 0) is 55.7 Å². The molecule has 26 nitrogen and oxygen atoms in total. The lowest BCUT2D eigenvalue weighted by Crippen LogP contribution is -2.44. The van der Waals surface area contributed by atoms with Crippen LogP contribution in [0.3, 0.4) is 0 Å². The van der Waals surface area contributed by atoms with Crippen LogP contribution in [-0.4, -0.2) is 141 Å². The second-order valence-electron chi connectivity index (χ2n) is 22.0. The zero-order chi connectivity index (χ0) is 62.4. The van der Waals surface area contributed by atoms with Gasteiger partial charge in [-0.2, -0.15) is 8.61 Å². The molecule has 6 aromatic rings. The molecule has 86 heavy (non-hydrogen) atoms. The summed E-state index contributed by atoms with van der Waals surface area (Å²) in [5.41, 5.74) is 3.29. The molecular weight excluding hydrogens is 1160 g/mol. The second kappa shape index (κ2) is 29.6. The number of aromatic nitrogens is 6. The van der Waals surface area contributed by atoms with Gasteiger partial charge in [0.25, 0.3) is 21.3 Å². The van der Waals surface area contributed by atoms with Crippen LogP contribution < -0.4 is 20.6 Å². The topological polar surface area (TPSA) is 340 Å². The monoisotopic (exact) mass is 1240 g/mol. The first-order chi connectivity index (χ1) is 41.2. The van der Waals surface area contributed by atoms with Gasteiger partial charge in [0.1, 0.15) is 34.2 Å². The first-order valence-corrected chi connectivity index (χ1v) is 32.6. The highest BCUT2D eigenvalue weighted by molar-refractivity contribution is 7.89. The number of benzene rings is 2. The summed E-state index contributed by atoms with van der Waals surface area (Å²) in [6, 6.07) is 9.19. The Morgan fingerprint density at radius 2 is 0.942 bits per heavy atom. The van der Waals surface area contributed by atoms with Crippen LogP contribution in [0.1, 0.15) is 130 Å². The molecule has 0 radical (unpaired) electrons. The highest BCUT2D eigenvalue weighted by Crippen LogP contribution is 2.43. The average molecular weight is 1240 g/mol. The van der Waals surface area contributed by atoms with Crippen molar-refractivity contribution in [1.82, 2.24) is 37.7 Å². The van der Waals surface area contributed by atoms with Crippen molar-refractivity contribution in [3.8, 4) is 34.3 Å². The SMILES string of the molecule is CCCOc1ccc(S(=O)(=O)N2CCC(CCO)(CCO)CC2)cc1-c1nc2c(CCC)cn(CC)c2c(=O)[nH]1.CCCOc1ccc(S(=O)(=O)N2CCC(CCO[N+](=O)[O-])(CCO[N+](=O)[O-])CC2)cc1-c1nc2c(CCC)cn(CC)c2c(=O)[nH]1. The molecule has 0 saturated carbocycles. The molecule has 0 unspecified atom stereocenters. The minimum atomic E-state index is -4.04. The predicted molar refractivity (Wildman–Crippen MR) is 322 cm³/mol. The van der Waals surface area contributed by atoms with E-state index >= 15 is 0 Å². The molecule has 2 aliphatic heterocycles. The number of sulfonamides is 2. The van der Waals surface area contributed by atoms with E-state index in [2.05, 4.69) is 26.6 Å². The lowest BCUT2D eigenvalue weighted by molar-refractivity contribution is -0.759. The van der Waals surface area contributed by atoms with E-state index in [-0.39, 0.29) is 90.3 Å². The Morgan fingerprint density at radius 1 is 0.570 bits per heavy atom. The Morgan fingerprint density at radius 3 is 1.27 bits per heavy atom. The largest absolute Gasteiger partial charge is 0.493 e. The number of hydrogen-bond donors (Lipinski definition) is 4. The van der Waals surface area contributed by atoms with Gasteiger partial charge in [-0.15, -0.1) is 20.2 Å². The molecule has 0 atom stereocenters. The minimum absolute atomic E-state index is 0.00644. The molecule has 0 amide bonds. The van der Waals surface area contributed by atoms with Gasteiger partial charge >= 0.3 is 0 Å². The number of aryl methyl sites for hydroxylation is 4. The molecule has 2 fully saturated rings. The number of aliphatic hydroxyl groups excluding tert-OH is 2. The Labute approximate surface area is 500 Å². The van der Waals surface area contributed by atoms with Gasteiger partial charge in [-0.1, -0.05) is 40.5 Å². The molecule has 0 spiro atoms. The number of aliphatic hydroxyl groups is 2. The Bertz CT molecular complexity index is 3630.